The highest BCUT2D eigenvalue weighted by atomic mass is 19.1. The number of nitrogens with two attached hydrogens (primary N) is 1. The van der Waals surface area contributed by atoms with Crippen molar-refractivity contribution < 1.29 is 13.9 Å². The molecule has 1 aliphatic rings. The summed E-state index contributed by atoms with van der Waals surface area (Å²) in [6.45, 7) is 1.30. The molecule has 0 spiro atoms. The number of nitrogens with zero attached hydrogens (tertiary/aromatic N) is 1. The maximum atomic E-state index is 13.1. The summed E-state index contributed by atoms with van der Waals surface area (Å²) in [6.07, 6.45) is -0.354. The number of hydrogen-bond acceptors (Lipinski definition) is 3. The Kier molecular flexibility index (Phi) is 2.45. The lowest BCUT2D eigenvalue weighted by Crippen LogP contribution is -2.23. The lowest BCUT2D eigenvalue weighted by Gasteiger charge is -2.12. The minimum atomic E-state index is -0.458. The maximum Gasteiger partial charge on any atom is 0.410 e. The van der Waals surface area contributed by atoms with Crippen molar-refractivity contribution in [3.63, 3.8) is 0 Å². The van der Waals surface area contributed by atoms with Crippen LogP contribution in [0.25, 0.3) is 0 Å². The minimum Gasteiger partial charge on any atom is -0.448 e. The van der Waals surface area contributed by atoms with Gasteiger partial charge in [-0.05, 0) is 17.7 Å². The number of cyclic esters (lactones) is 1. The summed E-state index contributed by atoms with van der Waals surface area (Å²) in [5.74, 6) is -0.458. The van der Waals surface area contributed by atoms with E-state index in [1.54, 1.807) is 6.07 Å². The topological polar surface area (TPSA) is 55.6 Å². The van der Waals surface area contributed by atoms with Gasteiger partial charge in [0.1, 0.15) is 12.4 Å². The van der Waals surface area contributed by atoms with E-state index in [0.29, 0.717) is 25.3 Å². The number of ether oxygens (including phenoxy) is 1. The van der Waals surface area contributed by atoms with Crippen LogP contribution in [0.2, 0.25) is 0 Å². The molecular weight excluding hydrogens is 199 g/mol. The Balaban J connectivity index is 2.10. The van der Waals surface area contributed by atoms with Crippen LogP contribution in [0, 0.1) is 5.82 Å². The number of amides is 1. The van der Waals surface area contributed by atoms with E-state index in [2.05, 4.69) is 0 Å². The van der Waals surface area contributed by atoms with Crippen LogP contribution in [0.15, 0.2) is 18.2 Å². The van der Waals surface area contributed by atoms with Crippen molar-refractivity contribution in [1.82, 2.24) is 4.90 Å². The highest BCUT2D eigenvalue weighted by Crippen LogP contribution is 2.15. The molecule has 0 unspecified atom stereocenters. The van der Waals surface area contributed by atoms with Gasteiger partial charge in [0.05, 0.1) is 12.2 Å². The third kappa shape index (κ3) is 2.01. The number of carbonyl (C=O) groups is 1. The highest BCUT2D eigenvalue weighted by molar-refractivity contribution is 5.69. The molecule has 4 nitrogen and oxygen atoms in total. The summed E-state index contributed by atoms with van der Waals surface area (Å²) in [7, 11) is 0. The Morgan fingerprint density at radius 3 is 2.93 bits per heavy atom. The highest BCUT2D eigenvalue weighted by Gasteiger charge is 2.21. The van der Waals surface area contributed by atoms with Crippen molar-refractivity contribution in [2.45, 2.75) is 6.54 Å². The Bertz CT molecular complexity index is 395. The summed E-state index contributed by atoms with van der Waals surface area (Å²) in [5, 5.41) is 0. The molecular formula is C10H11FN2O2. The van der Waals surface area contributed by atoms with Crippen LogP contribution >= 0.6 is 0 Å². The first kappa shape index (κ1) is 9.76. The number of rotatable bonds is 2. The maximum absolute atomic E-state index is 13.1. The van der Waals surface area contributed by atoms with E-state index in [-0.39, 0.29) is 11.8 Å². The zero-order valence-electron chi connectivity index (χ0n) is 8.07. The number of hydrogen-bond donors (Lipinski definition) is 1. The van der Waals surface area contributed by atoms with E-state index >= 15 is 0 Å². The molecule has 1 saturated heterocycles. The van der Waals surface area contributed by atoms with Crippen LogP contribution < -0.4 is 5.73 Å². The fourth-order valence-corrected chi connectivity index (χ4v) is 1.46. The first-order chi connectivity index (χ1) is 7.16. The molecule has 1 heterocycles. The van der Waals surface area contributed by atoms with Gasteiger partial charge in [-0.1, -0.05) is 6.07 Å². The van der Waals surface area contributed by atoms with Gasteiger partial charge in [0.25, 0.3) is 0 Å². The van der Waals surface area contributed by atoms with Crippen LogP contribution in [0.3, 0.4) is 0 Å². The molecule has 2 N–H and O–H groups in total. The second-order valence-corrected chi connectivity index (χ2v) is 3.39. The summed E-state index contributed by atoms with van der Waals surface area (Å²) < 4.78 is 17.9. The van der Waals surface area contributed by atoms with Gasteiger partial charge in [0.15, 0.2) is 0 Å². The van der Waals surface area contributed by atoms with Gasteiger partial charge in [-0.2, -0.15) is 0 Å². The van der Waals surface area contributed by atoms with Gasteiger partial charge in [0.2, 0.25) is 0 Å². The third-order valence-corrected chi connectivity index (χ3v) is 2.28. The zero-order valence-corrected chi connectivity index (χ0v) is 8.07. The second kappa shape index (κ2) is 3.76. The molecule has 5 heteroatoms. The third-order valence-electron chi connectivity index (χ3n) is 2.28. The van der Waals surface area contributed by atoms with Gasteiger partial charge >= 0.3 is 6.09 Å². The molecule has 0 aliphatic carbocycles. The van der Waals surface area contributed by atoms with Gasteiger partial charge in [-0.15, -0.1) is 0 Å². The fraction of sp³-hybridized carbons (Fsp3) is 0.300. The predicted molar refractivity (Wildman–Crippen MR) is 52.6 cm³/mol. The number of benzene rings is 1. The molecule has 0 bridgehead atoms. The molecule has 2 rings (SSSR count). The van der Waals surface area contributed by atoms with Crippen molar-refractivity contribution in [3.05, 3.63) is 29.6 Å². The Morgan fingerprint density at radius 1 is 1.53 bits per heavy atom. The summed E-state index contributed by atoms with van der Waals surface area (Å²) in [6, 6.07) is 4.52. The van der Waals surface area contributed by atoms with Crippen molar-refractivity contribution >= 4 is 11.8 Å². The van der Waals surface area contributed by atoms with E-state index in [1.807, 2.05) is 0 Å². The molecule has 1 aliphatic heterocycles. The summed E-state index contributed by atoms with van der Waals surface area (Å²) in [4.78, 5) is 12.6. The van der Waals surface area contributed by atoms with E-state index in [1.165, 1.54) is 17.0 Å². The summed E-state index contributed by atoms with van der Waals surface area (Å²) >= 11 is 0. The summed E-state index contributed by atoms with van der Waals surface area (Å²) in [5.41, 5.74) is 6.17. The zero-order chi connectivity index (χ0) is 10.8. The van der Waals surface area contributed by atoms with E-state index in [9.17, 15) is 9.18 Å². The number of carbonyl (C=O) groups excluding carboxylic acids is 1. The van der Waals surface area contributed by atoms with Crippen LogP contribution in [0.1, 0.15) is 5.56 Å². The first-order valence-electron chi connectivity index (χ1n) is 4.62. The normalized spacial score (nSPS) is 15.5. The monoisotopic (exact) mass is 210 g/mol. The molecule has 1 aromatic carbocycles. The molecule has 0 radical (unpaired) electrons. The van der Waals surface area contributed by atoms with Crippen LogP contribution in [0.5, 0.6) is 0 Å². The molecule has 1 aromatic rings. The molecule has 1 amide bonds. The lowest BCUT2D eigenvalue weighted by molar-refractivity contribution is 0.157. The predicted octanol–water partition coefficient (Wildman–Crippen LogP) is 1.36. The number of halogens is 1. The van der Waals surface area contributed by atoms with Gasteiger partial charge < -0.3 is 15.4 Å². The molecule has 80 valence electrons. The average molecular weight is 210 g/mol. The van der Waals surface area contributed by atoms with Crippen molar-refractivity contribution in [2.24, 2.45) is 0 Å². The SMILES string of the molecule is Nc1ccc(CN2CCOC2=O)cc1F. The number of nitrogen functional groups attached to an aromatic ring is 1. The molecule has 0 aromatic heterocycles. The largest absolute Gasteiger partial charge is 0.448 e. The molecule has 15 heavy (non-hydrogen) atoms. The van der Waals surface area contributed by atoms with E-state index < -0.39 is 5.82 Å². The number of anilines is 1. The van der Waals surface area contributed by atoms with Gasteiger partial charge in [0, 0.05) is 6.54 Å². The molecule has 0 atom stereocenters. The second-order valence-electron chi connectivity index (χ2n) is 3.39. The van der Waals surface area contributed by atoms with Crippen molar-refractivity contribution in [1.29, 1.82) is 0 Å². The fourth-order valence-electron chi connectivity index (χ4n) is 1.46. The Morgan fingerprint density at radius 2 is 2.33 bits per heavy atom. The smallest absolute Gasteiger partial charge is 0.410 e. The molecule has 1 fully saturated rings. The van der Waals surface area contributed by atoms with Crippen molar-refractivity contribution in [3.8, 4) is 0 Å². The Labute approximate surface area is 86.4 Å². The van der Waals surface area contributed by atoms with Gasteiger partial charge in [-0.25, -0.2) is 9.18 Å². The van der Waals surface area contributed by atoms with E-state index in [0.717, 1.165) is 0 Å². The van der Waals surface area contributed by atoms with Crippen LogP contribution in [-0.4, -0.2) is 24.1 Å². The first-order valence-corrected chi connectivity index (χ1v) is 4.62. The quantitative estimate of drug-likeness (QED) is 0.750. The van der Waals surface area contributed by atoms with E-state index in [4.69, 9.17) is 10.5 Å². The van der Waals surface area contributed by atoms with Crippen LogP contribution in [-0.2, 0) is 11.3 Å². The average Bonchev–Trinajstić information content (AvgIpc) is 2.59. The van der Waals surface area contributed by atoms with Crippen LogP contribution in [0.4, 0.5) is 14.9 Å². The standard InChI is InChI=1S/C10H11FN2O2/c11-8-5-7(1-2-9(8)12)6-13-3-4-15-10(13)14/h1-2,5H,3-4,6,12H2. The van der Waals surface area contributed by atoms with Gasteiger partial charge in [-0.3, -0.25) is 0 Å². The van der Waals surface area contributed by atoms with Crippen molar-refractivity contribution in [2.75, 3.05) is 18.9 Å². The Hall–Kier alpha value is -1.78. The molecule has 0 saturated carbocycles. The lowest BCUT2D eigenvalue weighted by atomic mass is 10.2. The minimum absolute atomic E-state index is 0.114.